The lowest BCUT2D eigenvalue weighted by molar-refractivity contribution is -0.122. The van der Waals surface area contributed by atoms with Crippen molar-refractivity contribution in [2.24, 2.45) is 0 Å². The third-order valence-corrected chi connectivity index (χ3v) is 5.84. The van der Waals surface area contributed by atoms with Gasteiger partial charge in [-0.15, -0.1) is 0 Å². The Hall–Kier alpha value is -3.44. The lowest BCUT2D eigenvalue weighted by Gasteiger charge is -2.28. The van der Waals surface area contributed by atoms with E-state index in [0.717, 1.165) is 21.6 Å². The van der Waals surface area contributed by atoms with Gasteiger partial charge in [-0.3, -0.25) is 14.4 Å². The van der Waals surface area contributed by atoms with Crippen molar-refractivity contribution in [3.05, 3.63) is 100 Å². The lowest BCUT2D eigenvalue weighted by atomic mass is 10.1. The average molecular weight is 447 g/mol. The third-order valence-electron chi connectivity index (χ3n) is 5.58. The molecule has 3 aromatic rings. The molecule has 3 amide bonds. The zero-order valence-corrected chi connectivity index (χ0v) is 18.7. The number of imide groups is 1. The molecule has 5 nitrogen and oxygen atoms in total. The molecule has 0 N–H and O–H groups in total. The highest BCUT2D eigenvalue weighted by molar-refractivity contribution is 6.31. The molecule has 1 fully saturated rings. The van der Waals surface area contributed by atoms with Gasteiger partial charge in [0, 0.05) is 17.1 Å². The summed E-state index contributed by atoms with van der Waals surface area (Å²) in [7, 11) is 0. The molecular weight excluding hydrogens is 424 g/mol. The summed E-state index contributed by atoms with van der Waals surface area (Å²) in [5.74, 6) is -1.03. The van der Waals surface area contributed by atoms with Crippen LogP contribution in [0, 0.1) is 13.8 Å². The Morgan fingerprint density at radius 2 is 1.66 bits per heavy atom. The number of anilines is 1. The van der Waals surface area contributed by atoms with Crippen LogP contribution >= 0.6 is 11.6 Å². The fourth-order valence-electron chi connectivity index (χ4n) is 3.88. The summed E-state index contributed by atoms with van der Waals surface area (Å²) < 4.78 is 0. The number of carbonyl (C=O) groups is 3. The zero-order chi connectivity index (χ0) is 22.8. The second kappa shape index (κ2) is 8.97. The van der Waals surface area contributed by atoms with Gasteiger partial charge in [-0.2, -0.15) is 0 Å². The molecule has 0 aliphatic carbocycles. The van der Waals surface area contributed by atoms with Gasteiger partial charge in [0.05, 0.1) is 12.1 Å². The first-order valence-electron chi connectivity index (χ1n) is 10.4. The number of benzene rings is 3. The molecule has 0 bridgehead atoms. The Morgan fingerprint density at radius 3 is 2.31 bits per heavy atom. The molecule has 0 saturated carbocycles. The third kappa shape index (κ3) is 4.43. The monoisotopic (exact) mass is 446 g/mol. The first-order chi connectivity index (χ1) is 15.3. The summed E-state index contributed by atoms with van der Waals surface area (Å²) in [5.41, 5.74) is 3.88. The molecule has 1 atom stereocenters. The largest absolute Gasteiger partial charge is 0.322 e. The Bertz CT molecular complexity index is 1170. The van der Waals surface area contributed by atoms with E-state index in [4.69, 9.17) is 11.6 Å². The maximum atomic E-state index is 13.5. The van der Waals surface area contributed by atoms with Gasteiger partial charge in [-0.05, 0) is 55.8 Å². The smallest absolute Gasteiger partial charge is 0.257 e. The van der Waals surface area contributed by atoms with Gasteiger partial charge in [0.1, 0.15) is 6.04 Å². The van der Waals surface area contributed by atoms with E-state index >= 15 is 0 Å². The predicted molar refractivity (Wildman–Crippen MR) is 125 cm³/mol. The molecule has 1 heterocycles. The SMILES string of the molecule is Cc1ccc(CN(C(=O)c2cccc(C)c2)C2CC(=O)N(c3ccc(Cl)cc3)C2=O)cc1. The van der Waals surface area contributed by atoms with Gasteiger partial charge in [0.2, 0.25) is 5.91 Å². The number of hydrogen-bond donors (Lipinski definition) is 0. The van der Waals surface area contributed by atoms with E-state index in [1.54, 1.807) is 36.4 Å². The maximum absolute atomic E-state index is 13.5. The van der Waals surface area contributed by atoms with Crippen molar-refractivity contribution < 1.29 is 14.4 Å². The molecule has 162 valence electrons. The zero-order valence-electron chi connectivity index (χ0n) is 17.9. The van der Waals surface area contributed by atoms with Crippen molar-refractivity contribution in [2.45, 2.75) is 32.9 Å². The highest BCUT2D eigenvalue weighted by Crippen LogP contribution is 2.29. The van der Waals surface area contributed by atoms with Gasteiger partial charge < -0.3 is 4.90 Å². The molecule has 1 unspecified atom stereocenters. The van der Waals surface area contributed by atoms with Crippen molar-refractivity contribution in [1.82, 2.24) is 4.90 Å². The first-order valence-corrected chi connectivity index (χ1v) is 10.8. The molecule has 1 saturated heterocycles. The van der Waals surface area contributed by atoms with Crippen molar-refractivity contribution in [2.75, 3.05) is 4.90 Å². The summed E-state index contributed by atoms with van der Waals surface area (Å²) in [4.78, 5) is 42.4. The normalized spacial score (nSPS) is 15.8. The second-order valence-corrected chi connectivity index (χ2v) is 8.49. The molecule has 0 spiro atoms. The quantitative estimate of drug-likeness (QED) is 0.522. The summed E-state index contributed by atoms with van der Waals surface area (Å²) in [6.45, 7) is 4.13. The van der Waals surface area contributed by atoms with Crippen LogP contribution < -0.4 is 4.90 Å². The standard InChI is InChI=1S/C26H23ClN2O3/c1-17-6-8-19(9-7-17)16-28(25(31)20-5-3-4-18(2)14-20)23-15-24(30)29(26(23)32)22-12-10-21(27)11-13-22/h3-14,23H,15-16H2,1-2H3. The van der Waals surface area contributed by atoms with E-state index < -0.39 is 11.9 Å². The number of aryl methyl sites for hydroxylation is 2. The van der Waals surface area contributed by atoms with E-state index in [0.29, 0.717) is 16.3 Å². The minimum absolute atomic E-state index is 0.0646. The van der Waals surface area contributed by atoms with Gasteiger partial charge in [-0.25, -0.2) is 4.90 Å². The maximum Gasteiger partial charge on any atom is 0.257 e. The Morgan fingerprint density at radius 1 is 0.969 bits per heavy atom. The van der Waals surface area contributed by atoms with E-state index in [2.05, 4.69) is 0 Å². The first kappa shape index (κ1) is 21.8. The number of carbonyl (C=O) groups excluding carboxylic acids is 3. The molecular formula is C26H23ClN2O3. The molecule has 0 radical (unpaired) electrons. The van der Waals surface area contributed by atoms with Gasteiger partial charge >= 0.3 is 0 Å². The molecule has 3 aromatic carbocycles. The highest BCUT2D eigenvalue weighted by atomic mass is 35.5. The Balaban J connectivity index is 1.69. The highest BCUT2D eigenvalue weighted by Gasteiger charge is 2.44. The minimum atomic E-state index is -0.882. The number of amides is 3. The predicted octanol–water partition coefficient (Wildman–Crippen LogP) is 4.93. The topological polar surface area (TPSA) is 57.7 Å². The summed E-state index contributed by atoms with van der Waals surface area (Å²) in [6.07, 6.45) is -0.0646. The number of nitrogens with zero attached hydrogens (tertiary/aromatic N) is 2. The number of hydrogen-bond acceptors (Lipinski definition) is 3. The van der Waals surface area contributed by atoms with Gasteiger partial charge in [0.15, 0.2) is 0 Å². The van der Waals surface area contributed by atoms with Crippen LogP contribution in [-0.4, -0.2) is 28.7 Å². The number of rotatable bonds is 5. The molecule has 1 aliphatic rings. The van der Waals surface area contributed by atoms with Crippen LogP contribution in [0.4, 0.5) is 5.69 Å². The van der Waals surface area contributed by atoms with Crippen LogP contribution in [0.25, 0.3) is 0 Å². The van der Waals surface area contributed by atoms with Gasteiger partial charge in [-0.1, -0.05) is 59.1 Å². The van der Waals surface area contributed by atoms with Crippen LogP contribution in [0.15, 0.2) is 72.8 Å². The second-order valence-electron chi connectivity index (χ2n) is 8.05. The van der Waals surface area contributed by atoms with Crippen LogP contribution in [0.2, 0.25) is 5.02 Å². The molecule has 6 heteroatoms. The van der Waals surface area contributed by atoms with E-state index in [1.165, 1.54) is 4.90 Å². The van der Waals surface area contributed by atoms with Gasteiger partial charge in [0.25, 0.3) is 11.8 Å². The van der Waals surface area contributed by atoms with Crippen molar-refractivity contribution >= 4 is 35.0 Å². The van der Waals surface area contributed by atoms with Crippen LogP contribution in [-0.2, 0) is 16.1 Å². The minimum Gasteiger partial charge on any atom is -0.322 e. The van der Waals surface area contributed by atoms with E-state index in [-0.39, 0.29) is 24.8 Å². The number of halogens is 1. The van der Waals surface area contributed by atoms with Crippen molar-refractivity contribution in [3.8, 4) is 0 Å². The molecule has 32 heavy (non-hydrogen) atoms. The fourth-order valence-corrected chi connectivity index (χ4v) is 4.00. The molecule has 4 rings (SSSR count). The van der Waals surface area contributed by atoms with Crippen LogP contribution in [0.1, 0.15) is 33.5 Å². The van der Waals surface area contributed by atoms with E-state index in [9.17, 15) is 14.4 Å². The summed E-state index contributed by atoms with van der Waals surface area (Å²) in [6, 6.07) is 20.7. The summed E-state index contributed by atoms with van der Waals surface area (Å²) in [5, 5.41) is 0.514. The molecule has 1 aliphatic heterocycles. The summed E-state index contributed by atoms with van der Waals surface area (Å²) >= 11 is 5.95. The lowest BCUT2D eigenvalue weighted by Crippen LogP contribution is -2.45. The van der Waals surface area contributed by atoms with Crippen molar-refractivity contribution in [3.63, 3.8) is 0 Å². The molecule has 0 aromatic heterocycles. The van der Waals surface area contributed by atoms with Crippen LogP contribution in [0.3, 0.4) is 0 Å². The van der Waals surface area contributed by atoms with E-state index in [1.807, 2.05) is 50.2 Å². The average Bonchev–Trinajstić information content (AvgIpc) is 3.07. The Labute approximate surface area is 192 Å². The Kier molecular flexibility index (Phi) is 6.10. The van der Waals surface area contributed by atoms with Crippen molar-refractivity contribution in [1.29, 1.82) is 0 Å². The van der Waals surface area contributed by atoms with Crippen LogP contribution in [0.5, 0.6) is 0 Å². The fraction of sp³-hybridized carbons (Fsp3) is 0.192.